The Kier molecular flexibility index (Phi) is 5.81. The number of Topliss-reactive ketones (excluding diaryl/α,β-unsaturated/α-hetero) is 1. The molecule has 0 fully saturated rings. The fraction of sp³-hybridized carbons (Fsp3) is 0.227. The van der Waals surface area contributed by atoms with E-state index in [0.717, 1.165) is 11.3 Å². The largest absolute Gasteiger partial charge is 0.463 e. The van der Waals surface area contributed by atoms with Crippen LogP contribution in [0.2, 0.25) is 0 Å². The van der Waals surface area contributed by atoms with E-state index >= 15 is 0 Å². The lowest BCUT2D eigenvalue weighted by Crippen LogP contribution is -2.39. The van der Waals surface area contributed by atoms with Gasteiger partial charge in [0.25, 0.3) is 0 Å². The highest BCUT2D eigenvalue weighted by Gasteiger charge is 2.44. The molecule has 0 amide bonds. The van der Waals surface area contributed by atoms with E-state index in [1.807, 2.05) is 60.0 Å². The van der Waals surface area contributed by atoms with Crippen molar-refractivity contribution in [3.05, 3.63) is 77.2 Å². The van der Waals surface area contributed by atoms with E-state index in [9.17, 15) is 9.59 Å². The standard InChI is InChI=1S/C22H21NO3S/c1-3-26-20(25)13-12-18-11-7-8-14-22(18,16(2)24)21-23-19(15-27-21)17-9-5-4-6-10-17/h4-15,18H,3H2,1-2H3. The van der Waals surface area contributed by atoms with Gasteiger partial charge in [-0.05, 0) is 13.8 Å². The number of carbonyl (C=O) groups is 2. The van der Waals surface area contributed by atoms with Crippen molar-refractivity contribution in [2.24, 2.45) is 5.92 Å². The number of ketones is 1. The summed E-state index contributed by atoms with van der Waals surface area (Å²) in [4.78, 5) is 29.3. The molecule has 1 aliphatic carbocycles. The van der Waals surface area contributed by atoms with Crippen LogP contribution in [-0.2, 0) is 19.7 Å². The zero-order valence-corrected chi connectivity index (χ0v) is 16.1. The van der Waals surface area contributed by atoms with Crippen LogP contribution in [-0.4, -0.2) is 23.3 Å². The van der Waals surface area contributed by atoms with Crippen LogP contribution < -0.4 is 0 Å². The van der Waals surface area contributed by atoms with Crippen molar-refractivity contribution in [2.45, 2.75) is 19.3 Å². The van der Waals surface area contributed by atoms with Crippen molar-refractivity contribution in [3.63, 3.8) is 0 Å². The van der Waals surface area contributed by atoms with E-state index in [4.69, 9.17) is 9.72 Å². The maximum absolute atomic E-state index is 12.8. The Morgan fingerprint density at radius 1 is 1.26 bits per heavy atom. The van der Waals surface area contributed by atoms with Gasteiger partial charge in [0.1, 0.15) is 16.2 Å². The van der Waals surface area contributed by atoms with E-state index in [1.165, 1.54) is 17.4 Å². The average molecular weight is 379 g/mol. The SMILES string of the molecule is CCOC(=O)C=CC1C=CC=CC1(C(C)=O)c1nc(-c2ccccc2)cs1. The lowest BCUT2D eigenvalue weighted by Gasteiger charge is -2.33. The van der Waals surface area contributed by atoms with Gasteiger partial charge >= 0.3 is 5.97 Å². The molecular formula is C22H21NO3S. The Labute approximate surface area is 162 Å². The van der Waals surface area contributed by atoms with E-state index in [2.05, 4.69) is 0 Å². The first-order valence-corrected chi connectivity index (χ1v) is 9.69. The van der Waals surface area contributed by atoms with E-state index < -0.39 is 11.4 Å². The molecular weight excluding hydrogens is 358 g/mol. The molecule has 0 aliphatic heterocycles. The zero-order chi connectivity index (χ0) is 19.3. The Bertz CT molecular complexity index is 911. The molecule has 1 heterocycles. The molecule has 0 N–H and O–H groups in total. The van der Waals surface area contributed by atoms with E-state index in [0.29, 0.717) is 11.6 Å². The third kappa shape index (κ3) is 3.83. The number of hydrogen-bond acceptors (Lipinski definition) is 5. The fourth-order valence-corrected chi connectivity index (χ4v) is 4.27. The van der Waals surface area contributed by atoms with Crippen LogP contribution >= 0.6 is 11.3 Å². The summed E-state index contributed by atoms with van der Waals surface area (Å²) >= 11 is 1.46. The monoisotopic (exact) mass is 379 g/mol. The van der Waals surface area contributed by atoms with Crippen LogP contribution in [0.5, 0.6) is 0 Å². The molecule has 138 valence electrons. The number of thiazole rings is 1. The maximum Gasteiger partial charge on any atom is 0.330 e. The zero-order valence-electron chi connectivity index (χ0n) is 15.3. The Morgan fingerprint density at radius 2 is 2.04 bits per heavy atom. The molecule has 0 saturated heterocycles. The third-order valence-corrected chi connectivity index (χ3v) is 5.54. The first-order valence-electron chi connectivity index (χ1n) is 8.81. The number of hydrogen-bond donors (Lipinski definition) is 0. The molecule has 2 atom stereocenters. The second-order valence-electron chi connectivity index (χ2n) is 6.21. The van der Waals surface area contributed by atoms with Gasteiger partial charge in [-0.25, -0.2) is 9.78 Å². The van der Waals surface area contributed by atoms with Gasteiger partial charge in [0, 0.05) is 22.9 Å². The Balaban J connectivity index is 2.00. The maximum atomic E-state index is 12.8. The lowest BCUT2D eigenvalue weighted by molar-refractivity contribution is -0.137. The van der Waals surface area contributed by atoms with Gasteiger partial charge in [0.05, 0.1) is 12.3 Å². The van der Waals surface area contributed by atoms with Crippen LogP contribution in [0.25, 0.3) is 11.3 Å². The van der Waals surface area contributed by atoms with Gasteiger partial charge in [-0.15, -0.1) is 11.3 Å². The molecule has 5 heteroatoms. The smallest absolute Gasteiger partial charge is 0.330 e. The number of ether oxygens (including phenoxy) is 1. The van der Waals surface area contributed by atoms with Crippen LogP contribution in [0.3, 0.4) is 0 Å². The number of esters is 1. The van der Waals surface area contributed by atoms with Crippen molar-refractivity contribution < 1.29 is 14.3 Å². The van der Waals surface area contributed by atoms with Crippen molar-refractivity contribution >= 4 is 23.1 Å². The summed E-state index contributed by atoms with van der Waals surface area (Å²) in [5.41, 5.74) is 0.926. The molecule has 3 rings (SSSR count). The molecule has 0 radical (unpaired) electrons. The second kappa shape index (κ2) is 8.27. The first kappa shape index (κ1) is 19.0. The minimum absolute atomic E-state index is 0.0180. The third-order valence-electron chi connectivity index (χ3n) is 4.55. The highest BCUT2D eigenvalue weighted by molar-refractivity contribution is 7.10. The molecule has 1 aromatic carbocycles. The average Bonchev–Trinajstić information content (AvgIpc) is 3.18. The summed E-state index contributed by atoms with van der Waals surface area (Å²) in [6, 6.07) is 9.87. The second-order valence-corrected chi connectivity index (χ2v) is 7.07. The molecule has 1 aromatic heterocycles. The topological polar surface area (TPSA) is 56.3 Å². The van der Waals surface area contributed by atoms with Gasteiger partial charge in [0.15, 0.2) is 0 Å². The van der Waals surface area contributed by atoms with Gasteiger partial charge in [0.2, 0.25) is 0 Å². The summed E-state index contributed by atoms with van der Waals surface area (Å²) < 4.78 is 4.96. The number of rotatable bonds is 6. The number of carbonyl (C=O) groups excluding carboxylic acids is 2. The minimum Gasteiger partial charge on any atom is -0.463 e. The minimum atomic E-state index is -0.921. The number of allylic oxidation sites excluding steroid dienone is 5. The molecule has 1 aliphatic rings. The van der Waals surface area contributed by atoms with Crippen LogP contribution in [0.1, 0.15) is 18.9 Å². The molecule has 0 saturated carbocycles. The van der Waals surface area contributed by atoms with Crippen LogP contribution in [0.4, 0.5) is 0 Å². The lowest BCUT2D eigenvalue weighted by atomic mass is 9.70. The highest BCUT2D eigenvalue weighted by Crippen LogP contribution is 2.41. The van der Waals surface area contributed by atoms with Gasteiger partial charge in [-0.1, -0.05) is 60.7 Å². The normalized spacial score (nSPS) is 21.5. The highest BCUT2D eigenvalue weighted by atomic mass is 32.1. The number of aromatic nitrogens is 1. The summed E-state index contributed by atoms with van der Waals surface area (Å²) in [7, 11) is 0. The summed E-state index contributed by atoms with van der Waals surface area (Å²) in [6.45, 7) is 3.64. The summed E-state index contributed by atoms with van der Waals surface area (Å²) in [6.07, 6.45) is 10.7. The molecule has 0 spiro atoms. The van der Waals surface area contributed by atoms with Gasteiger partial charge < -0.3 is 4.74 Å². The summed E-state index contributed by atoms with van der Waals surface area (Å²) in [5.74, 6) is -0.739. The number of benzene rings is 1. The summed E-state index contributed by atoms with van der Waals surface area (Å²) in [5, 5.41) is 2.68. The first-order chi connectivity index (χ1) is 13.1. The quantitative estimate of drug-likeness (QED) is 0.548. The number of nitrogens with zero attached hydrogens (tertiary/aromatic N) is 1. The molecule has 27 heavy (non-hydrogen) atoms. The van der Waals surface area contributed by atoms with Gasteiger partial charge in [-0.2, -0.15) is 0 Å². The Hall–Kier alpha value is -2.79. The molecule has 4 nitrogen and oxygen atoms in total. The predicted molar refractivity (Wildman–Crippen MR) is 107 cm³/mol. The molecule has 2 unspecified atom stereocenters. The molecule has 2 aromatic rings. The van der Waals surface area contributed by atoms with Crippen molar-refractivity contribution in [1.82, 2.24) is 4.98 Å². The van der Waals surface area contributed by atoms with Crippen LogP contribution in [0, 0.1) is 5.92 Å². The fourth-order valence-electron chi connectivity index (χ4n) is 3.16. The van der Waals surface area contributed by atoms with E-state index in [-0.39, 0.29) is 11.7 Å². The van der Waals surface area contributed by atoms with Gasteiger partial charge in [-0.3, -0.25) is 4.79 Å². The van der Waals surface area contributed by atoms with Crippen molar-refractivity contribution in [3.8, 4) is 11.3 Å². The van der Waals surface area contributed by atoms with E-state index in [1.54, 1.807) is 19.9 Å². The molecule has 0 bridgehead atoms. The predicted octanol–water partition coefficient (Wildman–Crippen LogP) is 4.50. The van der Waals surface area contributed by atoms with Crippen LogP contribution in [0.15, 0.2) is 72.2 Å². The van der Waals surface area contributed by atoms with Crippen molar-refractivity contribution in [2.75, 3.05) is 6.61 Å². The Morgan fingerprint density at radius 3 is 2.74 bits per heavy atom. The van der Waals surface area contributed by atoms with Crippen molar-refractivity contribution in [1.29, 1.82) is 0 Å².